The molecule has 0 aliphatic carbocycles. The van der Waals surface area contributed by atoms with Crippen molar-refractivity contribution < 1.29 is 22.3 Å². The molecular weight excluding hydrogens is 345 g/mol. The first-order valence-electron chi connectivity index (χ1n) is 7.78. The topological polar surface area (TPSA) is 64.6 Å². The largest absolute Gasteiger partial charge is 0.493 e. The van der Waals surface area contributed by atoms with E-state index in [4.69, 9.17) is 9.47 Å². The molecule has 0 fully saturated rings. The maximum atomic E-state index is 13.1. The van der Waals surface area contributed by atoms with Gasteiger partial charge in [0.25, 0.3) is 0 Å². The molecule has 0 heterocycles. The summed E-state index contributed by atoms with van der Waals surface area (Å²) in [6.07, 6.45) is 0. The highest BCUT2D eigenvalue weighted by molar-refractivity contribution is 7.89. The first-order chi connectivity index (χ1) is 11.8. The van der Waals surface area contributed by atoms with E-state index >= 15 is 0 Å². The van der Waals surface area contributed by atoms with Crippen LogP contribution in [0.5, 0.6) is 11.5 Å². The van der Waals surface area contributed by atoms with Crippen LogP contribution < -0.4 is 14.2 Å². The molecule has 1 unspecified atom stereocenters. The zero-order chi connectivity index (χ0) is 18.6. The van der Waals surface area contributed by atoms with Gasteiger partial charge in [-0.2, -0.15) is 0 Å². The third kappa shape index (κ3) is 4.49. The van der Waals surface area contributed by atoms with Crippen molar-refractivity contribution in [3.05, 3.63) is 53.8 Å². The molecule has 136 valence electrons. The molecule has 5 nitrogen and oxygen atoms in total. The van der Waals surface area contributed by atoms with Crippen LogP contribution in [0.2, 0.25) is 0 Å². The van der Waals surface area contributed by atoms with Gasteiger partial charge in [0, 0.05) is 12.1 Å². The van der Waals surface area contributed by atoms with Crippen molar-refractivity contribution in [3.63, 3.8) is 0 Å². The van der Waals surface area contributed by atoms with E-state index in [1.165, 1.54) is 44.6 Å². The highest BCUT2D eigenvalue weighted by Crippen LogP contribution is 2.31. The van der Waals surface area contributed by atoms with Gasteiger partial charge in [0.1, 0.15) is 5.82 Å². The summed E-state index contributed by atoms with van der Waals surface area (Å²) in [5.41, 5.74) is 0.695. The van der Waals surface area contributed by atoms with Crippen LogP contribution in [0, 0.1) is 11.7 Å². The molecule has 0 aliphatic heterocycles. The van der Waals surface area contributed by atoms with Crippen molar-refractivity contribution in [1.29, 1.82) is 0 Å². The fraction of sp³-hybridized carbons (Fsp3) is 0.333. The van der Waals surface area contributed by atoms with E-state index < -0.39 is 16.1 Å². The Labute approximate surface area is 147 Å². The van der Waals surface area contributed by atoms with Crippen LogP contribution in [0.4, 0.5) is 4.39 Å². The normalized spacial score (nSPS) is 12.9. The number of rotatable bonds is 7. The highest BCUT2D eigenvalue weighted by atomic mass is 32.2. The summed E-state index contributed by atoms with van der Waals surface area (Å²) < 4.78 is 51.7. The minimum absolute atomic E-state index is 0.0274. The molecular formula is C18H22FNO4S. The van der Waals surface area contributed by atoms with Crippen molar-refractivity contribution in [3.8, 4) is 11.5 Å². The lowest BCUT2D eigenvalue weighted by Crippen LogP contribution is -2.31. The molecule has 1 N–H and O–H groups in total. The Kier molecular flexibility index (Phi) is 6.02. The number of halogens is 1. The monoisotopic (exact) mass is 367 g/mol. The van der Waals surface area contributed by atoms with E-state index in [1.54, 1.807) is 12.1 Å². The quantitative estimate of drug-likeness (QED) is 0.813. The zero-order valence-corrected chi connectivity index (χ0v) is 15.4. The Morgan fingerprint density at radius 1 is 0.960 bits per heavy atom. The molecule has 2 aromatic carbocycles. The van der Waals surface area contributed by atoms with Crippen molar-refractivity contribution >= 4 is 10.0 Å². The summed E-state index contributed by atoms with van der Waals surface area (Å²) in [6, 6.07) is 9.70. The predicted octanol–water partition coefficient (Wildman–Crippen LogP) is 3.52. The number of hydrogen-bond acceptors (Lipinski definition) is 4. The summed E-state index contributed by atoms with van der Waals surface area (Å²) in [4.78, 5) is 0.0675. The van der Waals surface area contributed by atoms with Crippen molar-refractivity contribution in [2.24, 2.45) is 5.92 Å². The Balaban J connectivity index is 2.36. The van der Waals surface area contributed by atoms with Gasteiger partial charge >= 0.3 is 0 Å². The molecule has 2 aromatic rings. The van der Waals surface area contributed by atoms with Crippen LogP contribution in [0.3, 0.4) is 0 Å². The fourth-order valence-electron chi connectivity index (χ4n) is 2.48. The Hall–Kier alpha value is -2.12. The van der Waals surface area contributed by atoms with E-state index in [2.05, 4.69) is 4.72 Å². The van der Waals surface area contributed by atoms with Crippen LogP contribution >= 0.6 is 0 Å². The molecule has 0 aliphatic rings. The molecule has 0 amide bonds. The van der Waals surface area contributed by atoms with Gasteiger partial charge in [-0.05, 0) is 35.7 Å². The molecule has 0 bridgehead atoms. The summed E-state index contributed by atoms with van der Waals surface area (Å²) in [7, 11) is -0.878. The number of sulfonamides is 1. The predicted molar refractivity (Wildman–Crippen MR) is 93.8 cm³/mol. The second-order valence-electron chi connectivity index (χ2n) is 5.91. The number of ether oxygens (including phenoxy) is 2. The zero-order valence-electron chi connectivity index (χ0n) is 14.6. The fourth-order valence-corrected chi connectivity index (χ4v) is 3.87. The molecule has 0 radical (unpaired) electrons. The molecule has 0 aromatic heterocycles. The second-order valence-corrected chi connectivity index (χ2v) is 7.63. The van der Waals surface area contributed by atoms with E-state index in [0.717, 1.165) is 0 Å². The van der Waals surface area contributed by atoms with Gasteiger partial charge in [0.15, 0.2) is 11.5 Å². The molecule has 0 spiro atoms. The molecule has 1 atom stereocenters. The van der Waals surface area contributed by atoms with Crippen LogP contribution in [0.25, 0.3) is 0 Å². The number of benzene rings is 2. The van der Waals surface area contributed by atoms with Gasteiger partial charge in [-0.15, -0.1) is 0 Å². The molecule has 25 heavy (non-hydrogen) atoms. The van der Waals surface area contributed by atoms with Crippen LogP contribution in [-0.4, -0.2) is 22.6 Å². The standard InChI is InChI=1S/C18H22FNO4S/c1-12(2)18(13-5-7-14(19)8-6-13)20-25(21,22)15-9-10-16(23-3)17(11-15)24-4/h5-12,18,20H,1-4H3. The lowest BCUT2D eigenvalue weighted by molar-refractivity contribution is 0.353. The number of methoxy groups -OCH3 is 2. The second kappa shape index (κ2) is 7.84. The summed E-state index contributed by atoms with van der Waals surface area (Å²) >= 11 is 0. The highest BCUT2D eigenvalue weighted by Gasteiger charge is 2.25. The average molecular weight is 367 g/mol. The Bertz CT molecular complexity index is 819. The lowest BCUT2D eigenvalue weighted by Gasteiger charge is -2.23. The first kappa shape index (κ1) is 19.2. The van der Waals surface area contributed by atoms with Crippen LogP contribution in [0.15, 0.2) is 47.4 Å². The maximum Gasteiger partial charge on any atom is 0.241 e. The van der Waals surface area contributed by atoms with Gasteiger partial charge in [0.2, 0.25) is 10.0 Å². The maximum absolute atomic E-state index is 13.1. The van der Waals surface area contributed by atoms with Gasteiger partial charge < -0.3 is 9.47 Å². The van der Waals surface area contributed by atoms with Crippen molar-refractivity contribution in [2.45, 2.75) is 24.8 Å². The summed E-state index contributed by atoms with van der Waals surface area (Å²) in [6.45, 7) is 3.79. The molecule has 0 saturated heterocycles. The number of nitrogens with one attached hydrogen (secondary N) is 1. The van der Waals surface area contributed by atoms with Gasteiger partial charge in [-0.1, -0.05) is 26.0 Å². The number of hydrogen-bond donors (Lipinski definition) is 1. The van der Waals surface area contributed by atoms with E-state index in [-0.39, 0.29) is 16.6 Å². The van der Waals surface area contributed by atoms with Crippen LogP contribution in [0.1, 0.15) is 25.5 Å². The summed E-state index contributed by atoms with van der Waals surface area (Å²) in [5.74, 6) is 0.378. The Morgan fingerprint density at radius 3 is 2.08 bits per heavy atom. The average Bonchev–Trinajstić information content (AvgIpc) is 2.59. The van der Waals surface area contributed by atoms with E-state index in [9.17, 15) is 12.8 Å². The van der Waals surface area contributed by atoms with Gasteiger partial charge in [0.05, 0.1) is 19.1 Å². The first-order valence-corrected chi connectivity index (χ1v) is 9.26. The lowest BCUT2D eigenvalue weighted by atomic mass is 9.97. The minimum Gasteiger partial charge on any atom is -0.493 e. The summed E-state index contributed by atoms with van der Waals surface area (Å²) in [5, 5.41) is 0. The van der Waals surface area contributed by atoms with Crippen molar-refractivity contribution in [2.75, 3.05) is 14.2 Å². The van der Waals surface area contributed by atoms with Crippen LogP contribution in [-0.2, 0) is 10.0 Å². The third-order valence-electron chi connectivity index (χ3n) is 3.84. The smallest absolute Gasteiger partial charge is 0.241 e. The van der Waals surface area contributed by atoms with Gasteiger partial charge in [-0.25, -0.2) is 17.5 Å². The van der Waals surface area contributed by atoms with E-state index in [1.807, 2.05) is 13.8 Å². The van der Waals surface area contributed by atoms with Crippen molar-refractivity contribution in [1.82, 2.24) is 4.72 Å². The minimum atomic E-state index is -3.80. The van der Waals surface area contributed by atoms with E-state index in [0.29, 0.717) is 17.1 Å². The molecule has 7 heteroatoms. The Morgan fingerprint density at radius 2 is 1.56 bits per heavy atom. The molecule has 0 saturated carbocycles. The third-order valence-corrected chi connectivity index (χ3v) is 5.28. The van der Waals surface area contributed by atoms with Gasteiger partial charge in [-0.3, -0.25) is 0 Å². The molecule has 2 rings (SSSR count). The SMILES string of the molecule is COc1ccc(S(=O)(=O)NC(c2ccc(F)cc2)C(C)C)cc1OC.